The standard InChI is InChI=1S/C19H10ClN5O2/c20-12-4-5-17-15(7-12)16(19(26)27)8-18(23-17)11-2-1-3-13(6-11)24-25-14(9-21)10-22/h1-8,24H,(H,26,27). The van der Waals surface area contributed by atoms with Gasteiger partial charge in [-0.3, -0.25) is 5.43 Å². The van der Waals surface area contributed by atoms with Crippen LogP contribution in [0.5, 0.6) is 0 Å². The molecule has 0 amide bonds. The molecule has 27 heavy (non-hydrogen) atoms. The van der Waals surface area contributed by atoms with Gasteiger partial charge in [0.05, 0.1) is 22.5 Å². The second-order valence-electron chi connectivity index (χ2n) is 5.40. The molecule has 3 rings (SSSR count). The summed E-state index contributed by atoms with van der Waals surface area (Å²) in [4.78, 5) is 16.2. The second-order valence-corrected chi connectivity index (χ2v) is 5.83. The minimum Gasteiger partial charge on any atom is -0.478 e. The largest absolute Gasteiger partial charge is 0.478 e. The molecule has 130 valence electrons. The Morgan fingerprint density at radius 2 is 1.93 bits per heavy atom. The molecule has 0 aliphatic carbocycles. The zero-order valence-electron chi connectivity index (χ0n) is 13.6. The molecular weight excluding hydrogens is 366 g/mol. The van der Waals surface area contributed by atoms with Crippen molar-refractivity contribution in [3.63, 3.8) is 0 Å². The van der Waals surface area contributed by atoms with E-state index in [4.69, 9.17) is 22.1 Å². The molecule has 0 bridgehead atoms. The fraction of sp³-hybridized carbons (Fsp3) is 0. The predicted molar refractivity (Wildman–Crippen MR) is 101 cm³/mol. The highest BCUT2D eigenvalue weighted by Crippen LogP contribution is 2.28. The van der Waals surface area contributed by atoms with Crippen LogP contribution >= 0.6 is 11.6 Å². The Hall–Kier alpha value is -3.94. The van der Waals surface area contributed by atoms with Crippen LogP contribution in [0.25, 0.3) is 22.2 Å². The van der Waals surface area contributed by atoms with E-state index in [9.17, 15) is 9.90 Å². The highest BCUT2D eigenvalue weighted by Gasteiger charge is 2.13. The van der Waals surface area contributed by atoms with Crippen LogP contribution in [0, 0.1) is 22.7 Å². The van der Waals surface area contributed by atoms with Crippen LogP contribution in [0.2, 0.25) is 5.02 Å². The Balaban J connectivity index is 2.08. The number of nitrogens with zero attached hydrogens (tertiary/aromatic N) is 4. The lowest BCUT2D eigenvalue weighted by molar-refractivity contribution is 0.0699. The van der Waals surface area contributed by atoms with Gasteiger partial charge in [0.1, 0.15) is 12.1 Å². The van der Waals surface area contributed by atoms with Gasteiger partial charge >= 0.3 is 5.97 Å². The third-order valence-electron chi connectivity index (χ3n) is 3.67. The molecule has 0 spiro atoms. The molecule has 1 aromatic heterocycles. The van der Waals surface area contributed by atoms with E-state index in [1.165, 1.54) is 6.07 Å². The van der Waals surface area contributed by atoms with Crippen LogP contribution in [-0.4, -0.2) is 21.8 Å². The maximum atomic E-state index is 11.7. The quantitative estimate of drug-likeness (QED) is 0.523. The number of hydrazone groups is 1. The van der Waals surface area contributed by atoms with Crippen molar-refractivity contribution in [2.24, 2.45) is 5.10 Å². The minimum atomic E-state index is -1.09. The van der Waals surface area contributed by atoms with Crippen LogP contribution in [0.1, 0.15) is 10.4 Å². The Morgan fingerprint density at radius 3 is 2.63 bits per heavy atom. The van der Waals surface area contributed by atoms with E-state index in [1.54, 1.807) is 54.6 Å². The van der Waals surface area contributed by atoms with E-state index in [0.717, 1.165) is 0 Å². The minimum absolute atomic E-state index is 0.0881. The summed E-state index contributed by atoms with van der Waals surface area (Å²) in [6, 6.07) is 16.5. The van der Waals surface area contributed by atoms with Crippen molar-refractivity contribution in [3.8, 4) is 23.4 Å². The number of hydrogen-bond acceptors (Lipinski definition) is 6. The molecule has 8 heteroatoms. The number of nitriles is 2. The fourth-order valence-corrected chi connectivity index (χ4v) is 2.64. The number of aromatic nitrogens is 1. The molecule has 0 saturated heterocycles. The van der Waals surface area contributed by atoms with Crippen molar-refractivity contribution >= 4 is 39.9 Å². The summed E-state index contributed by atoms with van der Waals surface area (Å²) < 4.78 is 0. The lowest BCUT2D eigenvalue weighted by atomic mass is 10.0. The first-order valence-electron chi connectivity index (χ1n) is 7.60. The summed E-state index contributed by atoms with van der Waals surface area (Å²) in [6.45, 7) is 0. The van der Waals surface area contributed by atoms with E-state index in [-0.39, 0.29) is 11.3 Å². The highest BCUT2D eigenvalue weighted by atomic mass is 35.5. The first-order valence-corrected chi connectivity index (χ1v) is 7.97. The molecule has 0 aliphatic rings. The third-order valence-corrected chi connectivity index (χ3v) is 3.90. The number of halogens is 1. The number of hydrogen-bond donors (Lipinski definition) is 2. The Bertz CT molecular complexity index is 1160. The average Bonchev–Trinajstić information content (AvgIpc) is 2.68. The van der Waals surface area contributed by atoms with Crippen molar-refractivity contribution < 1.29 is 9.90 Å². The van der Waals surface area contributed by atoms with E-state index in [2.05, 4.69) is 15.5 Å². The van der Waals surface area contributed by atoms with Crippen LogP contribution in [0.4, 0.5) is 5.69 Å². The SMILES string of the molecule is N#CC(C#N)=NNc1cccc(-c2cc(C(=O)O)c3cc(Cl)ccc3n2)c1. The summed E-state index contributed by atoms with van der Waals surface area (Å²) in [6.07, 6.45) is 0. The van der Waals surface area contributed by atoms with Crippen molar-refractivity contribution in [2.45, 2.75) is 0 Å². The molecule has 0 radical (unpaired) electrons. The summed E-state index contributed by atoms with van der Waals surface area (Å²) in [5, 5.41) is 31.5. The molecule has 0 saturated carbocycles. The van der Waals surface area contributed by atoms with Crippen molar-refractivity contribution in [1.29, 1.82) is 10.5 Å². The number of carboxylic acids is 1. The van der Waals surface area contributed by atoms with Crippen LogP contribution in [0.3, 0.4) is 0 Å². The first-order chi connectivity index (χ1) is 13.0. The third kappa shape index (κ3) is 3.84. The van der Waals surface area contributed by atoms with Crippen molar-refractivity contribution in [1.82, 2.24) is 4.98 Å². The van der Waals surface area contributed by atoms with Gasteiger partial charge in [0.2, 0.25) is 5.71 Å². The lowest BCUT2D eigenvalue weighted by Crippen LogP contribution is -2.00. The topological polar surface area (TPSA) is 122 Å². The Morgan fingerprint density at radius 1 is 1.15 bits per heavy atom. The zero-order valence-corrected chi connectivity index (χ0v) is 14.4. The normalized spacial score (nSPS) is 9.89. The number of pyridine rings is 1. The molecule has 7 nitrogen and oxygen atoms in total. The maximum Gasteiger partial charge on any atom is 0.336 e. The molecule has 1 heterocycles. The molecule has 0 atom stereocenters. The van der Waals surface area contributed by atoms with Gasteiger partial charge in [0.25, 0.3) is 0 Å². The van der Waals surface area contributed by atoms with Gasteiger partial charge in [-0.1, -0.05) is 23.7 Å². The zero-order chi connectivity index (χ0) is 19.4. The molecule has 3 aromatic rings. The first kappa shape index (κ1) is 17.9. The number of aromatic carboxylic acids is 1. The summed E-state index contributed by atoms with van der Waals surface area (Å²) in [5.41, 5.74) is 4.52. The number of carboxylic acid groups (broad SMARTS) is 1. The molecule has 2 aromatic carbocycles. The summed E-state index contributed by atoms with van der Waals surface area (Å²) >= 11 is 5.97. The van der Waals surface area contributed by atoms with E-state index in [0.29, 0.717) is 32.9 Å². The second kappa shape index (κ2) is 7.52. The maximum absolute atomic E-state index is 11.7. The molecule has 2 N–H and O–H groups in total. The van der Waals surface area contributed by atoms with Crippen LogP contribution in [0.15, 0.2) is 53.6 Å². The van der Waals surface area contributed by atoms with Gasteiger partial charge in [-0.15, -0.1) is 0 Å². The molecular formula is C19H10ClN5O2. The predicted octanol–water partition coefficient (Wildman–Crippen LogP) is 4.07. The number of fused-ring (bicyclic) bond motifs is 1. The summed E-state index contributed by atoms with van der Waals surface area (Å²) in [5.74, 6) is -1.09. The smallest absolute Gasteiger partial charge is 0.336 e. The van der Waals surface area contributed by atoms with Crippen molar-refractivity contribution in [3.05, 3.63) is 59.1 Å². The van der Waals surface area contributed by atoms with Gasteiger partial charge in [0, 0.05) is 16.0 Å². The lowest BCUT2D eigenvalue weighted by Gasteiger charge is -2.09. The van der Waals surface area contributed by atoms with E-state index >= 15 is 0 Å². The van der Waals surface area contributed by atoms with E-state index in [1.807, 2.05) is 0 Å². The fourth-order valence-electron chi connectivity index (χ4n) is 2.47. The van der Waals surface area contributed by atoms with Crippen LogP contribution in [-0.2, 0) is 0 Å². The monoisotopic (exact) mass is 375 g/mol. The summed E-state index contributed by atoms with van der Waals surface area (Å²) in [7, 11) is 0. The number of nitrogens with one attached hydrogen (secondary N) is 1. The number of rotatable bonds is 4. The van der Waals surface area contributed by atoms with Gasteiger partial charge in [0.15, 0.2) is 0 Å². The highest BCUT2D eigenvalue weighted by molar-refractivity contribution is 6.31. The average molecular weight is 376 g/mol. The van der Waals surface area contributed by atoms with Crippen molar-refractivity contribution in [2.75, 3.05) is 5.43 Å². The van der Waals surface area contributed by atoms with Gasteiger partial charge < -0.3 is 5.11 Å². The Kier molecular flexibility index (Phi) is 4.98. The van der Waals surface area contributed by atoms with Gasteiger partial charge in [-0.05, 0) is 36.4 Å². The number of carbonyl (C=O) groups is 1. The molecule has 0 aliphatic heterocycles. The Labute approximate surface area is 158 Å². The number of benzene rings is 2. The van der Waals surface area contributed by atoms with Crippen LogP contribution < -0.4 is 5.43 Å². The van der Waals surface area contributed by atoms with Gasteiger partial charge in [-0.2, -0.15) is 15.6 Å². The molecule has 0 fully saturated rings. The molecule has 0 unspecified atom stereocenters. The number of anilines is 1. The van der Waals surface area contributed by atoms with E-state index < -0.39 is 5.97 Å². The van der Waals surface area contributed by atoms with Gasteiger partial charge in [-0.25, -0.2) is 9.78 Å².